The molecule has 1 aromatic carbocycles. The van der Waals surface area contributed by atoms with E-state index in [1.54, 1.807) is 12.1 Å². The van der Waals surface area contributed by atoms with Gasteiger partial charge in [0.1, 0.15) is 0 Å². The van der Waals surface area contributed by atoms with E-state index in [9.17, 15) is 4.79 Å². The number of anilines is 1. The molecule has 1 amide bonds. The topological polar surface area (TPSA) is 55.1 Å². The second-order valence-corrected chi connectivity index (χ2v) is 5.68. The Kier molecular flexibility index (Phi) is 3.72. The maximum atomic E-state index is 12.0. The van der Waals surface area contributed by atoms with Gasteiger partial charge in [-0.05, 0) is 59.3 Å². The lowest BCUT2D eigenvalue weighted by Crippen LogP contribution is -2.32. The fourth-order valence-corrected chi connectivity index (χ4v) is 2.54. The van der Waals surface area contributed by atoms with Crippen molar-refractivity contribution < 1.29 is 4.79 Å². The van der Waals surface area contributed by atoms with Gasteiger partial charge in [0, 0.05) is 21.8 Å². The minimum Gasteiger partial charge on any atom is -0.398 e. The lowest BCUT2D eigenvalue weighted by atomic mass is 10.1. The quantitative estimate of drug-likeness (QED) is 0.825. The molecule has 2 rings (SSSR count). The number of amides is 1. The molecule has 0 heterocycles. The third-order valence-corrected chi connectivity index (χ3v) is 4.01. The predicted octanol–water partition coefficient (Wildman–Crippen LogP) is 2.95. The molecule has 1 aliphatic rings. The number of rotatable bonds is 2. The van der Waals surface area contributed by atoms with E-state index in [0.717, 1.165) is 23.2 Å². The average Bonchev–Trinajstić information content (AvgIpc) is 2.68. The van der Waals surface area contributed by atoms with Gasteiger partial charge in [0.25, 0.3) is 5.91 Å². The average molecular weight is 297 g/mol. The normalized spacial score (nSPS) is 23.6. The fraction of sp³-hybridized carbons (Fsp3) is 0.462. The third kappa shape index (κ3) is 3.00. The van der Waals surface area contributed by atoms with Crippen LogP contribution in [-0.4, -0.2) is 11.9 Å². The molecule has 0 spiro atoms. The van der Waals surface area contributed by atoms with Gasteiger partial charge in [0.15, 0.2) is 0 Å². The summed E-state index contributed by atoms with van der Waals surface area (Å²) >= 11 is 3.32. The monoisotopic (exact) mass is 296 g/mol. The smallest absolute Gasteiger partial charge is 0.251 e. The van der Waals surface area contributed by atoms with Crippen LogP contribution in [0.15, 0.2) is 22.7 Å². The Hall–Kier alpha value is -1.03. The van der Waals surface area contributed by atoms with Crippen molar-refractivity contribution in [3.63, 3.8) is 0 Å². The van der Waals surface area contributed by atoms with Crippen molar-refractivity contribution in [2.24, 2.45) is 5.92 Å². The van der Waals surface area contributed by atoms with Crippen LogP contribution in [-0.2, 0) is 0 Å². The van der Waals surface area contributed by atoms with Crippen LogP contribution in [0.1, 0.15) is 36.5 Å². The summed E-state index contributed by atoms with van der Waals surface area (Å²) in [7, 11) is 0. The number of halogens is 1. The first-order valence-electron chi connectivity index (χ1n) is 5.92. The zero-order chi connectivity index (χ0) is 12.4. The number of carbonyl (C=O) groups excluding carboxylic acids is 1. The van der Waals surface area contributed by atoms with Crippen molar-refractivity contribution in [1.82, 2.24) is 5.32 Å². The molecule has 1 saturated carbocycles. The molecule has 17 heavy (non-hydrogen) atoms. The highest BCUT2D eigenvalue weighted by Crippen LogP contribution is 2.25. The minimum atomic E-state index is -0.0247. The molecule has 0 saturated heterocycles. The Morgan fingerprint density at radius 3 is 2.82 bits per heavy atom. The lowest BCUT2D eigenvalue weighted by molar-refractivity contribution is 0.0937. The van der Waals surface area contributed by atoms with E-state index in [4.69, 9.17) is 5.73 Å². The van der Waals surface area contributed by atoms with Crippen molar-refractivity contribution in [1.29, 1.82) is 0 Å². The second-order valence-electron chi connectivity index (χ2n) is 4.82. The highest BCUT2D eigenvalue weighted by molar-refractivity contribution is 9.10. The first-order chi connectivity index (χ1) is 8.06. The van der Waals surface area contributed by atoms with Crippen LogP contribution in [0.4, 0.5) is 5.69 Å². The van der Waals surface area contributed by atoms with Crippen molar-refractivity contribution in [2.45, 2.75) is 32.2 Å². The number of benzene rings is 1. The number of nitrogens with two attached hydrogens (primary N) is 1. The molecule has 1 fully saturated rings. The molecule has 92 valence electrons. The zero-order valence-electron chi connectivity index (χ0n) is 9.87. The van der Waals surface area contributed by atoms with Crippen LogP contribution >= 0.6 is 15.9 Å². The summed E-state index contributed by atoms with van der Waals surface area (Å²) < 4.78 is 0.823. The van der Waals surface area contributed by atoms with Gasteiger partial charge in [-0.15, -0.1) is 0 Å². The predicted molar refractivity (Wildman–Crippen MR) is 72.8 cm³/mol. The number of nitrogen functional groups attached to an aromatic ring is 1. The van der Waals surface area contributed by atoms with Crippen LogP contribution in [0, 0.1) is 5.92 Å². The van der Waals surface area contributed by atoms with Crippen molar-refractivity contribution in [3.05, 3.63) is 28.2 Å². The maximum absolute atomic E-state index is 12.0. The van der Waals surface area contributed by atoms with Gasteiger partial charge in [-0.25, -0.2) is 0 Å². The minimum absolute atomic E-state index is 0.0247. The summed E-state index contributed by atoms with van der Waals surface area (Å²) in [5.74, 6) is 0.693. The molecule has 0 aromatic heterocycles. The van der Waals surface area contributed by atoms with Gasteiger partial charge in [-0.1, -0.05) is 6.92 Å². The Morgan fingerprint density at radius 2 is 2.24 bits per heavy atom. The molecule has 1 aliphatic carbocycles. The standard InChI is InChI=1S/C13H17BrN2O/c1-8-2-4-10(6-8)16-13(17)9-3-5-11(14)12(15)7-9/h3,5,7-8,10H,2,4,6,15H2,1H3,(H,16,17). The molecular weight excluding hydrogens is 280 g/mol. The van der Waals surface area contributed by atoms with Crippen LogP contribution in [0.2, 0.25) is 0 Å². The Labute approximate surface area is 110 Å². The molecule has 3 N–H and O–H groups in total. The van der Waals surface area contributed by atoms with Crippen LogP contribution in [0.5, 0.6) is 0 Å². The van der Waals surface area contributed by atoms with Crippen molar-refractivity contribution in [2.75, 3.05) is 5.73 Å². The highest BCUT2D eigenvalue weighted by atomic mass is 79.9. The van der Waals surface area contributed by atoms with E-state index in [1.807, 2.05) is 6.07 Å². The van der Waals surface area contributed by atoms with Crippen LogP contribution in [0.25, 0.3) is 0 Å². The van der Waals surface area contributed by atoms with Gasteiger partial charge in [0.2, 0.25) is 0 Å². The zero-order valence-corrected chi connectivity index (χ0v) is 11.5. The second kappa shape index (κ2) is 5.08. The summed E-state index contributed by atoms with van der Waals surface area (Å²) in [4.78, 5) is 12.0. The fourth-order valence-electron chi connectivity index (χ4n) is 2.29. The largest absolute Gasteiger partial charge is 0.398 e. The Balaban J connectivity index is 2.02. The van der Waals surface area contributed by atoms with Crippen LogP contribution < -0.4 is 11.1 Å². The molecular formula is C13H17BrN2O. The molecule has 0 bridgehead atoms. The number of nitrogens with one attached hydrogen (secondary N) is 1. The third-order valence-electron chi connectivity index (χ3n) is 3.29. The van der Waals surface area contributed by atoms with Gasteiger partial charge in [-0.3, -0.25) is 4.79 Å². The first-order valence-corrected chi connectivity index (χ1v) is 6.71. The summed E-state index contributed by atoms with van der Waals surface area (Å²) in [6, 6.07) is 5.62. The van der Waals surface area contributed by atoms with Crippen molar-refractivity contribution >= 4 is 27.5 Å². The first kappa shape index (κ1) is 12.4. The molecule has 3 nitrogen and oxygen atoms in total. The molecule has 0 aliphatic heterocycles. The number of carbonyl (C=O) groups is 1. The summed E-state index contributed by atoms with van der Waals surface area (Å²) in [5.41, 5.74) is 6.99. The molecule has 2 atom stereocenters. The maximum Gasteiger partial charge on any atom is 0.251 e. The summed E-state index contributed by atoms with van der Waals surface area (Å²) in [6.45, 7) is 2.23. The molecule has 4 heteroatoms. The SMILES string of the molecule is CC1CCC(NC(=O)c2ccc(Br)c(N)c2)C1. The van der Waals surface area contributed by atoms with E-state index in [0.29, 0.717) is 17.3 Å². The van der Waals surface area contributed by atoms with E-state index in [-0.39, 0.29) is 5.91 Å². The summed E-state index contributed by atoms with van der Waals surface area (Å²) in [5, 5.41) is 3.06. The summed E-state index contributed by atoms with van der Waals surface area (Å²) in [6.07, 6.45) is 3.37. The van der Waals surface area contributed by atoms with Gasteiger partial charge in [0.05, 0.1) is 0 Å². The van der Waals surface area contributed by atoms with Crippen LogP contribution in [0.3, 0.4) is 0 Å². The van der Waals surface area contributed by atoms with E-state index >= 15 is 0 Å². The number of hydrogen-bond acceptors (Lipinski definition) is 2. The molecule has 1 aromatic rings. The molecule has 2 unspecified atom stereocenters. The number of hydrogen-bond donors (Lipinski definition) is 2. The van der Waals surface area contributed by atoms with E-state index in [2.05, 4.69) is 28.2 Å². The van der Waals surface area contributed by atoms with E-state index in [1.165, 1.54) is 6.42 Å². The van der Waals surface area contributed by atoms with E-state index < -0.39 is 0 Å². The Morgan fingerprint density at radius 1 is 1.47 bits per heavy atom. The Bertz CT molecular complexity index is 433. The van der Waals surface area contributed by atoms with Crippen molar-refractivity contribution in [3.8, 4) is 0 Å². The van der Waals surface area contributed by atoms with Gasteiger partial charge in [-0.2, -0.15) is 0 Å². The highest BCUT2D eigenvalue weighted by Gasteiger charge is 2.23. The molecule has 0 radical (unpaired) electrons. The van der Waals surface area contributed by atoms with Gasteiger partial charge >= 0.3 is 0 Å². The van der Waals surface area contributed by atoms with Gasteiger partial charge < -0.3 is 11.1 Å². The lowest BCUT2D eigenvalue weighted by Gasteiger charge is -2.12.